The molecule has 0 saturated carbocycles. The van der Waals surface area contributed by atoms with Crippen LogP contribution in [0.5, 0.6) is 5.75 Å². The van der Waals surface area contributed by atoms with Gasteiger partial charge >= 0.3 is 0 Å². The zero-order valence-corrected chi connectivity index (χ0v) is 13.8. The number of rotatable bonds is 5. The number of amides is 1. The monoisotopic (exact) mass is 326 g/mol. The number of carbonyl (C=O) groups is 2. The Morgan fingerprint density at radius 2 is 2.12 bits per heavy atom. The lowest BCUT2D eigenvalue weighted by atomic mass is 9.86. The number of Topliss-reactive ketones (excluding diaryl/α,β-unsaturated/α-hetero) is 1. The fourth-order valence-corrected chi connectivity index (χ4v) is 3.02. The third-order valence-corrected chi connectivity index (χ3v) is 4.30. The molecule has 1 atom stereocenters. The molecule has 0 spiro atoms. The third-order valence-electron chi connectivity index (χ3n) is 4.30. The maximum absolute atomic E-state index is 12.5. The van der Waals surface area contributed by atoms with Crippen molar-refractivity contribution < 1.29 is 14.3 Å². The van der Waals surface area contributed by atoms with E-state index in [0.29, 0.717) is 13.2 Å². The summed E-state index contributed by atoms with van der Waals surface area (Å²) in [5.41, 5.74) is 1.87. The SMILES string of the molecule is CCOc1ccc(CNC(=O)C2=CNC3CCCC=C3C2=O)cc1. The molecule has 24 heavy (non-hydrogen) atoms. The Morgan fingerprint density at radius 3 is 2.88 bits per heavy atom. The second kappa shape index (κ2) is 7.34. The van der Waals surface area contributed by atoms with Gasteiger partial charge in [-0.1, -0.05) is 18.2 Å². The predicted octanol–water partition coefficient (Wildman–Crippen LogP) is 2.24. The van der Waals surface area contributed by atoms with Gasteiger partial charge in [0, 0.05) is 18.3 Å². The zero-order valence-electron chi connectivity index (χ0n) is 13.8. The van der Waals surface area contributed by atoms with Gasteiger partial charge in [-0.25, -0.2) is 0 Å². The van der Waals surface area contributed by atoms with Crippen LogP contribution in [0.4, 0.5) is 0 Å². The first-order valence-electron chi connectivity index (χ1n) is 8.40. The van der Waals surface area contributed by atoms with Crippen LogP contribution in [0, 0.1) is 0 Å². The van der Waals surface area contributed by atoms with Crippen LogP contribution >= 0.6 is 0 Å². The molecule has 1 unspecified atom stereocenters. The van der Waals surface area contributed by atoms with Gasteiger partial charge in [0.1, 0.15) is 11.3 Å². The standard InChI is InChI=1S/C19H22N2O3/c1-2-24-14-9-7-13(8-10-14)11-21-19(23)16-12-20-17-6-4-3-5-15(17)18(16)22/h5,7-10,12,17,20H,2-4,6,11H2,1H3,(H,21,23). The number of carbonyl (C=O) groups excluding carboxylic acids is 2. The zero-order chi connectivity index (χ0) is 16.9. The first-order chi connectivity index (χ1) is 11.7. The van der Waals surface area contributed by atoms with Crippen LogP contribution in [-0.2, 0) is 16.1 Å². The predicted molar refractivity (Wildman–Crippen MR) is 91.4 cm³/mol. The van der Waals surface area contributed by atoms with Crippen molar-refractivity contribution in [2.45, 2.75) is 38.8 Å². The fraction of sp³-hybridized carbons (Fsp3) is 0.368. The van der Waals surface area contributed by atoms with Crippen LogP contribution in [0.15, 0.2) is 47.7 Å². The van der Waals surface area contributed by atoms with Crippen molar-refractivity contribution in [3.63, 3.8) is 0 Å². The van der Waals surface area contributed by atoms with Crippen molar-refractivity contribution >= 4 is 11.7 Å². The third kappa shape index (κ3) is 3.50. The summed E-state index contributed by atoms with van der Waals surface area (Å²) in [6, 6.07) is 7.61. The molecule has 0 radical (unpaired) electrons. The van der Waals surface area contributed by atoms with E-state index in [-0.39, 0.29) is 23.3 Å². The molecule has 3 rings (SSSR count). The number of nitrogens with one attached hydrogen (secondary N) is 2. The van der Waals surface area contributed by atoms with Gasteiger partial charge in [0.2, 0.25) is 0 Å². The molecule has 2 aliphatic rings. The van der Waals surface area contributed by atoms with Crippen molar-refractivity contribution in [1.82, 2.24) is 10.6 Å². The van der Waals surface area contributed by atoms with Crippen LogP contribution in [-0.4, -0.2) is 24.3 Å². The summed E-state index contributed by atoms with van der Waals surface area (Å²) >= 11 is 0. The van der Waals surface area contributed by atoms with E-state index in [4.69, 9.17) is 4.74 Å². The smallest absolute Gasteiger partial charge is 0.257 e. The second-order valence-electron chi connectivity index (χ2n) is 5.96. The molecule has 126 valence electrons. The largest absolute Gasteiger partial charge is 0.494 e. The molecule has 5 heteroatoms. The molecule has 0 fully saturated rings. The number of fused-ring (bicyclic) bond motifs is 1. The highest BCUT2D eigenvalue weighted by atomic mass is 16.5. The maximum Gasteiger partial charge on any atom is 0.257 e. The number of hydrogen-bond acceptors (Lipinski definition) is 4. The van der Waals surface area contributed by atoms with E-state index in [1.165, 1.54) is 0 Å². The Hall–Kier alpha value is -2.56. The summed E-state index contributed by atoms with van der Waals surface area (Å²) in [4.78, 5) is 24.8. The molecular formula is C19H22N2O3. The van der Waals surface area contributed by atoms with Gasteiger partial charge in [0.05, 0.1) is 12.6 Å². The Balaban J connectivity index is 1.61. The number of allylic oxidation sites excluding steroid dienone is 1. The van der Waals surface area contributed by atoms with Crippen molar-refractivity contribution in [1.29, 1.82) is 0 Å². The van der Waals surface area contributed by atoms with Crippen molar-refractivity contribution in [3.8, 4) is 5.75 Å². The molecule has 0 saturated heterocycles. The van der Waals surface area contributed by atoms with Crippen LogP contribution in [0.25, 0.3) is 0 Å². The summed E-state index contributed by atoms with van der Waals surface area (Å²) in [5, 5.41) is 5.98. The summed E-state index contributed by atoms with van der Waals surface area (Å²) in [5.74, 6) is 0.311. The Kier molecular flexibility index (Phi) is 4.99. The number of ketones is 1. The minimum atomic E-state index is -0.341. The van der Waals surface area contributed by atoms with Gasteiger partial charge in [0.15, 0.2) is 5.78 Å². The maximum atomic E-state index is 12.5. The van der Waals surface area contributed by atoms with E-state index < -0.39 is 0 Å². The quantitative estimate of drug-likeness (QED) is 0.814. The van der Waals surface area contributed by atoms with Crippen molar-refractivity contribution in [3.05, 3.63) is 53.3 Å². The normalized spacial score (nSPS) is 19.5. The van der Waals surface area contributed by atoms with E-state index >= 15 is 0 Å². The summed E-state index contributed by atoms with van der Waals surface area (Å²) in [7, 11) is 0. The molecule has 1 amide bonds. The first kappa shape index (κ1) is 16.3. The fourth-order valence-electron chi connectivity index (χ4n) is 3.02. The lowest BCUT2D eigenvalue weighted by Gasteiger charge is -2.28. The minimum Gasteiger partial charge on any atom is -0.494 e. The molecule has 0 bridgehead atoms. The summed E-state index contributed by atoms with van der Waals surface area (Å²) in [6.45, 7) is 2.93. The molecule has 1 aromatic carbocycles. The van der Waals surface area contributed by atoms with Crippen molar-refractivity contribution in [2.24, 2.45) is 0 Å². The van der Waals surface area contributed by atoms with Crippen LogP contribution in [0.2, 0.25) is 0 Å². The lowest BCUT2D eigenvalue weighted by Crippen LogP contribution is -2.41. The molecule has 1 aromatic rings. The summed E-state index contributed by atoms with van der Waals surface area (Å²) in [6.07, 6.45) is 6.43. The van der Waals surface area contributed by atoms with Gasteiger partial charge in [-0.15, -0.1) is 0 Å². The average molecular weight is 326 g/mol. The number of ether oxygens (including phenoxy) is 1. The highest BCUT2D eigenvalue weighted by Gasteiger charge is 2.31. The van der Waals surface area contributed by atoms with E-state index in [9.17, 15) is 9.59 Å². The van der Waals surface area contributed by atoms with Gasteiger partial charge in [-0.3, -0.25) is 9.59 Å². The minimum absolute atomic E-state index is 0.0638. The molecule has 1 aliphatic heterocycles. The number of hydrogen-bond donors (Lipinski definition) is 2. The van der Waals surface area contributed by atoms with Gasteiger partial charge in [-0.2, -0.15) is 0 Å². The highest BCUT2D eigenvalue weighted by Crippen LogP contribution is 2.25. The van der Waals surface area contributed by atoms with E-state index in [2.05, 4.69) is 10.6 Å². The van der Waals surface area contributed by atoms with Gasteiger partial charge < -0.3 is 15.4 Å². The summed E-state index contributed by atoms with van der Waals surface area (Å²) < 4.78 is 5.39. The van der Waals surface area contributed by atoms with Gasteiger partial charge in [0.25, 0.3) is 5.91 Å². The first-order valence-corrected chi connectivity index (χ1v) is 8.40. The number of benzene rings is 1. The molecule has 2 N–H and O–H groups in total. The van der Waals surface area contributed by atoms with E-state index in [0.717, 1.165) is 36.1 Å². The van der Waals surface area contributed by atoms with Gasteiger partial charge in [-0.05, 0) is 43.9 Å². The van der Waals surface area contributed by atoms with Crippen LogP contribution < -0.4 is 15.4 Å². The average Bonchev–Trinajstić information content (AvgIpc) is 2.62. The molecule has 1 heterocycles. The topological polar surface area (TPSA) is 67.4 Å². The van der Waals surface area contributed by atoms with E-state index in [1.807, 2.05) is 37.3 Å². The molecular weight excluding hydrogens is 304 g/mol. The highest BCUT2D eigenvalue weighted by molar-refractivity contribution is 6.26. The lowest BCUT2D eigenvalue weighted by molar-refractivity contribution is -0.121. The van der Waals surface area contributed by atoms with Crippen molar-refractivity contribution in [2.75, 3.05) is 6.61 Å². The second-order valence-corrected chi connectivity index (χ2v) is 5.96. The molecule has 1 aliphatic carbocycles. The Morgan fingerprint density at radius 1 is 1.33 bits per heavy atom. The Bertz CT molecular complexity index is 689. The van der Waals surface area contributed by atoms with Crippen LogP contribution in [0.3, 0.4) is 0 Å². The van der Waals surface area contributed by atoms with Crippen LogP contribution in [0.1, 0.15) is 31.7 Å². The molecule has 0 aromatic heterocycles. The molecule has 5 nitrogen and oxygen atoms in total. The Labute approximate surface area is 141 Å². The van der Waals surface area contributed by atoms with E-state index in [1.54, 1.807) is 6.20 Å².